The Balaban J connectivity index is 1.74. The molecule has 0 spiro atoms. The quantitative estimate of drug-likeness (QED) is 0.651. The molecule has 84 valence electrons. The molecule has 3 heteroatoms. The molecule has 0 radical (unpaired) electrons. The van der Waals surface area contributed by atoms with Crippen molar-refractivity contribution in [1.82, 2.24) is 0 Å². The lowest BCUT2D eigenvalue weighted by Crippen LogP contribution is -2.40. The molecule has 3 rings (SSSR count). The summed E-state index contributed by atoms with van der Waals surface area (Å²) in [6.45, 7) is 2.16. The van der Waals surface area contributed by atoms with Gasteiger partial charge < -0.3 is 14.3 Å². The van der Waals surface area contributed by atoms with Crippen molar-refractivity contribution in [2.24, 2.45) is 5.92 Å². The zero-order valence-electron chi connectivity index (χ0n) is 9.15. The second-order valence-corrected chi connectivity index (χ2v) is 5.36. The van der Waals surface area contributed by atoms with E-state index in [9.17, 15) is 4.79 Å². The first-order valence-corrected chi connectivity index (χ1v) is 6.00. The fourth-order valence-corrected chi connectivity index (χ4v) is 3.54. The summed E-state index contributed by atoms with van der Waals surface area (Å²) in [5.41, 5.74) is -0.106. The third-order valence-electron chi connectivity index (χ3n) is 4.39. The van der Waals surface area contributed by atoms with Crippen molar-refractivity contribution in [3.8, 4) is 0 Å². The highest BCUT2D eigenvalue weighted by atomic mass is 16.5. The summed E-state index contributed by atoms with van der Waals surface area (Å²) in [6.07, 6.45) is 7.05. The van der Waals surface area contributed by atoms with E-state index in [1.165, 1.54) is 12.8 Å². The molecule has 5 atom stereocenters. The molecule has 3 heterocycles. The first-order chi connectivity index (χ1) is 7.21. The van der Waals surface area contributed by atoms with Crippen molar-refractivity contribution in [3.63, 3.8) is 0 Å². The van der Waals surface area contributed by atoms with Crippen LogP contribution in [0.5, 0.6) is 0 Å². The van der Waals surface area contributed by atoms with Crippen LogP contribution in [-0.2, 0) is 14.3 Å². The second kappa shape index (κ2) is 3.29. The second-order valence-electron chi connectivity index (χ2n) is 5.36. The minimum absolute atomic E-state index is 0.106. The largest absolute Gasteiger partial charge is 0.375 e. The van der Waals surface area contributed by atoms with E-state index < -0.39 is 0 Å². The number of hydrogen-bond donors (Lipinski definition) is 0. The van der Waals surface area contributed by atoms with Crippen molar-refractivity contribution in [2.45, 2.75) is 62.9 Å². The molecule has 2 bridgehead atoms. The maximum absolute atomic E-state index is 10.7. The standard InChI is InChI=1S/C12H18O3/c1-12(5-4-9(7-13)15-12)10-6-8-2-3-11(10)14-8/h7-11H,2-6H2,1H3. The van der Waals surface area contributed by atoms with E-state index in [2.05, 4.69) is 6.92 Å². The van der Waals surface area contributed by atoms with Crippen LogP contribution in [0, 0.1) is 5.92 Å². The third kappa shape index (κ3) is 1.44. The number of carbonyl (C=O) groups is 1. The van der Waals surface area contributed by atoms with Gasteiger partial charge in [0.1, 0.15) is 12.4 Å². The maximum atomic E-state index is 10.7. The molecule has 3 fully saturated rings. The van der Waals surface area contributed by atoms with Crippen molar-refractivity contribution in [3.05, 3.63) is 0 Å². The maximum Gasteiger partial charge on any atom is 0.148 e. The molecular formula is C12H18O3. The fraction of sp³-hybridized carbons (Fsp3) is 0.917. The number of ether oxygens (including phenoxy) is 2. The number of hydrogen-bond acceptors (Lipinski definition) is 3. The van der Waals surface area contributed by atoms with Gasteiger partial charge in [-0.25, -0.2) is 0 Å². The van der Waals surface area contributed by atoms with Crippen LogP contribution in [0.3, 0.4) is 0 Å². The molecule has 0 amide bonds. The first kappa shape index (κ1) is 9.79. The van der Waals surface area contributed by atoms with Gasteiger partial charge in [-0.15, -0.1) is 0 Å². The molecule has 0 aromatic carbocycles. The Kier molecular flexibility index (Phi) is 2.15. The van der Waals surface area contributed by atoms with Crippen molar-refractivity contribution >= 4 is 6.29 Å². The smallest absolute Gasteiger partial charge is 0.148 e. The van der Waals surface area contributed by atoms with Crippen molar-refractivity contribution in [2.75, 3.05) is 0 Å². The molecule has 0 aromatic rings. The Labute approximate surface area is 90.1 Å². The fourth-order valence-electron chi connectivity index (χ4n) is 3.54. The lowest BCUT2D eigenvalue weighted by Gasteiger charge is -2.34. The molecule has 15 heavy (non-hydrogen) atoms. The Bertz CT molecular complexity index is 278. The summed E-state index contributed by atoms with van der Waals surface area (Å²) >= 11 is 0. The van der Waals surface area contributed by atoms with Crippen LogP contribution in [0.25, 0.3) is 0 Å². The van der Waals surface area contributed by atoms with Gasteiger partial charge >= 0.3 is 0 Å². The topological polar surface area (TPSA) is 35.5 Å². The molecule has 3 nitrogen and oxygen atoms in total. The molecule has 0 saturated carbocycles. The van der Waals surface area contributed by atoms with E-state index in [1.54, 1.807) is 0 Å². The summed E-state index contributed by atoms with van der Waals surface area (Å²) in [5.74, 6) is 0.515. The minimum atomic E-state index is -0.172. The van der Waals surface area contributed by atoms with E-state index in [4.69, 9.17) is 9.47 Å². The van der Waals surface area contributed by atoms with E-state index >= 15 is 0 Å². The zero-order valence-corrected chi connectivity index (χ0v) is 9.15. The Morgan fingerprint density at radius 1 is 1.33 bits per heavy atom. The van der Waals surface area contributed by atoms with Gasteiger partial charge in [-0.2, -0.15) is 0 Å². The number of aldehydes is 1. The zero-order chi connectivity index (χ0) is 10.5. The van der Waals surface area contributed by atoms with E-state index in [0.29, 0.717) is 18.1 Å². The lowest BCUT2D eigenvalue weighted by atomic mass is 9.76. The normalized spacial score (nSPS) is 53.7. The van der Waals surface area contributed by atoms with Crippen molar-refractivity contribution < 1.29 is 14.3 Å². The van der Waals surface area contributed by atoms with Crippen LogP contribution in [0.2, 0.25) is 0 Å². The molecule has 3 aliphatic heterocycles. The van der Waals surface area contributed by atoms with Crippen LogP contribution in [0.4, 0.5) is 0 Å². The van der Waals surface area contributed by atoms with Gasteiger partial charge in [-0.1, -0.05) is 0 Å². The Morgan fingerprint density at radius 3 is 2.73 bits per heavy atom. The van der Waals surface area contributed by atoms with Crippen LogP contribution in [0.1, 0.15) is 39.0 Å². The van der Waals surface area contributed by atoms with Gasteiger partial charge in [-0.3, -0.25) is 0 Å². The molecule has 3 aliphatic rings. The molecule has 0 N–H and O–H groups in total. The van der Waals surface area contributed by atoms with Gasteiger partial charge in [0.2, 0.25) is 0 Å². The Hall–Kier alpha value is -0.410. The summed E-state index contributed by atoms with van der Waals surface area (Å²) in [4.78, 5) is 10.7. The molecule has 5 unspecified atom stereocenters. The highest BCUT2D eigenvalue weighted by molar-refractivity contribution is 5.56. The third-order valence-corrected chi connectivity index (χ3v) is 4.39. The molecule has 3 saturated heterocycles. The summed E-state index contributed by atoms with van der Waals surface area (Å²) in [5, 5.41) is 0. The summed E-state index contributed by atoms with van der Waals surface area (Å²) in [7, 11) is 0. The van der Waals surface area contributed by atoms with Gasteiger partial charge in [-0.05, 0) is 39.0 Å². The van der Waals surface area contributed by atoms with Gasteiger partial charge in [0.05, 0.1) is 17.8 Å². The average molecular weight is 210 g/mol. The first-order valence-electron chi connectivity index (χ1n) is 6.00. The molecule has 0 aliphatic carbocycles. The highest BCUT2D eigenvalue weighted by Crippen LogP contribution is 2.49. The lowest BCUT2D eigenvalue weighted by molar-refractivity contribution is -0.127. The monoisotopic (exact) mass is 210 g/mol. The SMILES string of the molecule is CC1(C2CC3CCC2O3)CCC(C=O)O1. The summed E-state index contributed by atoms with van der Waals surface area (Å²) < 4.78 is 11.7. The number of rotatable bonds is 2. The highest BCUT2D eigenvalue weighted by Gasteiger charge is 2.52. The van der Waals surface area contributed by atoms with Crippen molar-refractivity contribution in [1.29, 1.82) is 0 Å². The van der Waals surface area contributed by atoms with Crippen LogP contribution < -0.4 is 0 Å². The van der Waals surface area contributed by atoms with Crippen LogP contribution >= 0.6 is 0 Å². The Morgan fingerprint density at radius 2 is 2.20 bits per heavy atom. The predicted octanol–water partition coefficient (Wildman–Crippen LogP) is 1.69. The summed E-state index contributed by atoms with van der Waals surface area (Å²) in [6, 6.07) is 0. The van der Waals surface area contributed by atoms with Gasteiger partial charge in [0, 0.05) is 5.92 Å². The van der Waals surface area contributed by atoms with E-state index in [1.807, 2.05) is 0 Å². The van der Waals surface area contributed by atoms with E-state index in [-0.39, 0.29) is 11.7 Å². The predicted molar refractivity (Wildman–Crippen MR) is 54.6 cm³/mol. The minimum Gasteiger partial charge on any atom is -0.375 e. The van der Waals surface area contributed by atoms with E-state index in [0.717, 1.165) is 25.5 Å². The van der Waals surface area contributed by atoms with Gasteiger partial charge in [0.15, 0.2) is 0 Å². The van der Waals surface area contributed by atoms with Crippen LogP contribution in [-0.4, -0.2) is 30.2 Å². The molecule has 0 aromatic heterocycles. The number of fused-ring (bicyclic) bond motifs is 2. The van der Waals surface area contributed by atoms with Crippen LogP contribution in [0.15, 0.2) is 0 Å². The number of carbonyl (C=O) groups excluding carboxylic acids is 1. The average Bonchev–Trinajstić information content (AvgIpc) is 2.91. The molecular weight excluding hydrogens is 192 g/mol. The van der Waals surface area contributed by atoms with Gasteiger partial charge in [0.25, 0.3) is 0 Å².